The van der Waals surface area contributed by atoms with E-state index in [0.717, 1.165) is 5.56 Å². The Bertz CT molecular complexity index is 1170. The van der Waals surface area contributed by atoms with Crippen LogP contribution in [0.1, 0.15) is 34.3 Å². The van der Waals surface area contributed by atoms with Gasteiger partial charge in [0, 0.05) is 30.1 Å². The van der Waals surface area contributed by atoms with E-state index in [4.69, 9.17) is 9.47 Å². The van der Waals surface area contributed by atoms with Gasteiger partial charge in [-0.1, -0.05) is 12.1 Å². The van der Waals surface area contributed by atoms with Gasteiger partial charge in [-0.2, -0.15) is 4.31 Å². The maximum absolute atomic E-state index is 13.4. The average Bonchev–Trinajstić information content (AvgIpc) is 3.30. The number of hydrogen-bond donors (Lipinski definition) is 0. The van der Waals surface area contributed by atoms with Crippen LogP contribution in [0.3, 0.4) is 0 Å². The summed E-state index contributed by atoms with van der Waals surface area (Å²) in [5.74, 6) is -1.46. The van der Waals surface area contributed by atoms with Crippen LogP contribution in [0, 0.1) is 18.7 Å². The monoisotopic (exact) mass is 488 g/mol. The van der Waals surface area contributed by atoms with Crippen molar-refractivity contribution in [2.45, 2.75) is 30.4 Å². The highest BCUT2D eigenvalue weighted by Gasteiger charge is 2.51. The standard InChI is InChI=1S/C25H29FN2O5S/c1-18-3-2-4-22-23(18)25(32-15-16-33-25)17-28(34(22,30)31)14-13-27-11-9-20(10-12-27)24(29)19-5-7-21(26)8-6-19/h2-8,20H,9-17H2,1H3. The first-order chi connectivity index (χ1) is 16.3. The van der Waals surface area contributed by atoms with Crippen LogP contribution in [0.15, 0.2) is 47.4 Å². The lowest BCUT2D eigenvalue weighted by Gasteiger charge is -2.41. The summed E-state index contributed by atoms with van der Waals surface area (Å²) in [4.78, 5) is 15.2. The van der Waals surface area contributed by atoms with Crippen LogP contribution >= 0.6 is 0 Å². The van der Waals surface area contributed by atoms with E-state index in [9.17, 15) is 17.6 Å². The van der Waals surface area contributed by atoms with E-state index in [1.165, 1.54) is 28.6 Å². The quantitative estimate of drug-likeness (QED) is 0.603. The third kappa shape index (κ3) is 4.20. The number of aryl methyl sites for hydroxylation is 1. The lowest BCUT2D eigenvalue weighted by Crippen LogP contribution is -2.52. The summed E-state index contributed by atoms with van der Waals surface area (Å²) in [6, 6.07) is 11.0. The second-order valence-corrected chi connectivity index (χ2v) is 11.1. The molecule has 7 nitrogen and oxygen atoms in total. The molecule has 0 aliphatic carbocycles. The third-order valence-electron chi connectivity index (χ3n) is 7.12. The van der Waals surface area contributed by atoms with Crippen molar-refractivity contribution < 1.29 is 27.1 Å². The molecule has 0 bridgehead atoms. The van der Waals surface area contributed by atoms with Gasteiger partial charge in [0.05, 0.1) is 24.7 Å². The Morgan fingerprint density at radius 3 is 2.41 bits per heavy atom. The molecule has 3 heterocycles. The van der Waals surface area contributed by atoms with Crippen LogP contribution in [0.4, 0.5) is 4.39 Å². The van der Waals surface area contributed by atoms with Crippen LogP contribution in [-0.4, -0.2) is 69.3 Å². The number of benzene rings is 2. The molecule has 9 heteroatoms. The Hall–Kier alpha value is -2.17. The van der Waals surface area contributed by atoms with Crippen LogP contribution < -0.4 is 0 Å². The lowest BCUT2D eigenvalue weighted by atomic mass is 9.89. The molecular weight excluding hydrogens is 459 g/mol. The van der Waals surface area contributed by atoms with Gasteiger partial charge in [0.2, 0.25) is 15.8 Å². The van der Waals surface area contributed by atoms with Gasteiger partial charge in [0.25, 0.3) is 0 Å². The lowest BCUT2D eigenvalue weighted by molar-refractivity contribution is -0.176. The van der Waals surface area contributed by atoms with E-state index in [2.05, 4.69) is 4.90 Å². The second-order valence-electron chi connectivity index (χ2n) is 9.22. The Balaban J connectivity index is 1.24. The summed E-state index contributed by atoms with van der Waals surface area (Å²) in [6.07, 6.45) is 1.39. The summed E-state index contributed by atoms with van der Waals surface area (Å²) in [5.41, 5.74) is 1.99. The molecule has 2 saturated heterocycles. The Morgan fingerprint density at radius 1 is 1.06 bits per heavy atom. The zero-order chi connectivity index (χ0) is 23.9. The molecule has 5 rings (SSSR count). The molecule has 0 unspecified atom stereocenters. The van der Waals surface area contributed by atoms with Crippen LogP contribution in [0.5, 0.6) is 0 Å². The van der Waals surface area contributed by atoms with Crippen LogP contribution in [-0.2, 0) is 25.3 Å². The fourth-order valence-electron chi connectivity index (χ4n) is 5.29. The number of nitrogens with zero attached hydrogens (tertiary/aromatic N) is 2. The topological polar surface area (TPSA) is 76.2 Å². The van der Waals surface area contributed by atoms with Crippen molar-refractivity contribution in [1.82, 2.24) is 9.21 Å². The normalized spacial score (nSPS) is 22.6. The molecule has 2 aromatic rings. The van der Waals surface area contributed by atoms with E-state index in [1.54, 1.807) is 12.1 Å². The highest BCUT2D eigenvalue weighted by atomic mass is 32.2. The van der Waals surface area contributed by atoms with Crippen molar-refractivity contribution in [3.8, 4) is 0 Å². The van der Waals surface area contributed by atoms with Gasteiger partial charge in [-0.25, -0.2) is 12.8 Å². The Kier molecular flexibility index (Phi) is 6.32. The summed E-state index contributed by atoms with van der Waals surface area (Å²) in [7, 11) is -3.67. The molecule has 2 fully saturated rings. The average molecular weight is 489 g/mol. The number of hydrogen-bond acceptors (Lipinski definition) is 6. The molecule has 3 aliphatic heterocycles. The Labute approximate surface area is 199 Å². The number of halogens is 1. The Morgan fingerprint density at radius 2 is 1.74 bits per heavy atom. The summed E-state index contributed by atoms with van der Waals surface area (Å²) >= 11 is 0. The van der Waals surface area contributed by atoms with E-state index >= 15 is 0 Å². The van der Waals surface area contributed by atoms with Crippen molar-refractivity contribution in [3.05, 3.63) is 65.0 Å². The van der Waals surface area contributed by atoms with Crippen molar-refractivity contribution in [3.63, 3.8) is 0 Å². The third-order valence-corrected chi connectivity index (χ3v) is 9.01. The second kappa shape index (κ2) is 9.13. The number of ether oxygens (including phenoxy) is 2. The fourth-order valence-corrected chi connectivity index (χ4v) is 7.06. The number of Topliss-reactive ketones (excluding diaryl/α,β-unsaturated/α-hetero) is 1. The molecule has 34 heavy (non-hydrogen) atoms. The maximum atomic E-state index is 13.4. The molecule has 0 radical (unpaired) electrons. The van der Waals surface area contributed by atoms with Crippen molar-refractivity contribution in [1.29, 1.82) is 0 Å². The minimum Gasteiger partial charge on any atom is -0.342 e. The van der Waals surface area contributed by atoms with Crippen LogP contribution in [0.25, 0.3) is 0 Å². The highest BCUT2D eigenvalue weighted by Crippen LogP contribution is 2.43. The summed E-state index contributed by atoms with van der Waals surface area (Å²) in [5, 5.41) is 0. The minimum atomic E-state index is -3.67. The molecule has 0 atom stereocenters. The number of carbonyl (C=O) groups excluding carboxylic acids is 1. The van der Waals surface area contributed by atoms with Gasteiger partial charge >= 0.3 is 0 Å². The molecule has 0 saturated carbocycles. The summed E-state index contributed by atoms with van der Waals surface area (Å²) < 4.78 is 53.4. The largest absolute Gasteiger partial charge is 0.342 e. The molecule has 182 valence electrons. The van der Waals surface area contributed by atoms with Gasteiger partial charge < -0.3 is 14.4 Å². The number of piperidine rings is 1. The molecule has 0 N–H and O–H groups in total. The van der Waals surface area contributed by atoms with Gasteiger partial charge in [-0.3, -0.25) is 4.79 Å². The number of rotatable bonds is 5. The summed E-state index contributed by atoms with van der Waals surface area (Å²) in [6.45, 7) is 5.17. The molecule has 0 aromatic heterocycles. The molecule has 0 amide bonds. The smallest absolute Gasteiger partial charge is 0.243 e. The zero-order valence-corrected chi connectivity index (χ0v) is 20.0. The van der Waals surface area contributed by atoms with E-state index in [0.29, 0.717) is 63.4 Å². The van der Waals surface area contributed by atoms with Gasteiger partial charge in [-0.05, 0) is 68.8 Å². The molecule has 3 aliphatic rings. The van der Waals surface area contributed by atoms with Gasteiger partial charge in [-0.15, -0.1) is 0 Å². The van der Waals surface area contributed by atoms with Crippen molar-refractivity contribution >= 4 is 15.8 Å². The predicted molar refractivity (Wildman–Crippen MR) is 123 cm³/mol. The molecule has 2 aromatic carbocycles. The van der Waals surface area contributed by atoms with Gasteiger partial charge in [0.1, 0.15) is 5.82 Å². The number of sulfonamides is 1. The number of fused-ring (bicyclic) bond motifs is 2. The first-order valence-corrected chi connectivity index (χ1v) is 13.1. The van der Waals surface area contributed by atoms with E-state index in [1.807, 2.05) is 13.0 Å². The number of likely N-dealkylation sites (tertiary alicyclic amines) is 1. The fraction of sp³-hybridized carbons (Fsp3) is 0.480. The van der Waals surface area contributed by atoms with Crippen molar-refractivity contribution in [2.75, 3.05) is 45.9 Å². The predicted octanol–water partition coefficient (Wildman–Crippen LogP) is 2.93. The van der Waals surface area contributed by atoms with E-state index < -0.39 is 15.8 Å². The molecule has 1 spiro atoms. The van der Waals surface area contributed by atoms with E-state index in [-0.39, 0.29) is 29.0 Å². The number of ketones is 1. The zero-order valence-electron chi connectivity index (χ0n) is 19.2. The maximum Gasteiger partial charge on any atom is 0.243 e. The molecular formula is C25H29FN2O5S. The van der Waals surface area contributed by atoms with Gasteiger partial charge in [0.15, 0.2) is 5.78 Å². The minimum absolute atomic E-state index is 0.0442. The van der Waals surface area contributed by atoms with Crippen molar-refractivity contribution in [2.24, 2.45) is 5.92 Å². The highest BCUT2D eigenvalue weighted by molar-refractivity contribution is 7.89. The first kappa shape index (κ1) is 23.6. The van der Waals surface area contributed by atoms with Crippen LogP contribution in [0.2, 0.25) is 0 Å². The first-order valence-electron chi connectivity index (χ1n) is 11.7. The SMILES string of the molecule is Cc1cccc2c1C1(CN(CCN3CCC(C(=O)c4ccc(F)cc4)CC3)S2(=O)=O)OCCO1. The number of carbonyl (C=O) groups is 1.